The topological polar surface area (TPSA) is 42.4 Å². The molecule has 1 atom stereocenters. The average molecular weight is 256 g/mol. The van der Waals surface area contributed by atoms with Crippen LogP contribution in [-0.2, 0) is 4.74 Å². The first-order chi connectivity index (χ1) is 9.31. The second-order valence-electron chi connectivity index (χ2n) is 4.80. The summed E-state index contributed by atoms with van der Waals surface area (Å²) < 4.78 is 5.37. The van der Waals surface area contributed by atoms with Crippen molar-refractivity contribution in [2.24, 2.45) is 0 Å². The summed E-state index contributed by atoms with van der Waals surface area (Å²) in [5, 5.41) is 0.996. The molecule has 4 heteroatoms. The molecule has 1 aromatic carbocycles. The summed E-state index contributed by atoms with van der Waals surface area (Å²) in [5.41, 5.74) is 1.57. The Kier molecular flexibility index (Phi) is 3.17. The number of hydrogen-bond acceptors (Lipinski definition) is 4. The Morgan fingerprint density at radius 1 is 1.42 bits per heavy atom. The lowest BCUT2D eigenvalue weighted by atomic mass is 10.1. The third kappa shape index (κ3) is 2.19. The van der Waals surface area contributed by atoms with E-state index in [1.165, 1.54) is 0 Å². The molecule has 1 unspecified atom stereocenters. The number of anilines is 1. The normalized spacial score (nSPS) is 19.0. The first-order valence-electron chi connectivity index (χ1n) is 6.44. The summed E-state index contributed by atoms with van der Waals surface area (Å²) >= 11 is 0. The maximum Gasteiger partial charge on any atom is 0.153 e. The van der Waals surface area contributed by atoms with Crippen LogP contribution in [0.1, 0.15) is 16.8 Å². The minimum atomic E-state index is 0.229. The fourth-order valence-electron chi connectivity index (χ4n) is 2.58. The van der Waals surface area contributed by atoms with Gasteiger partial charge in [-0.1, -0.05) is 18.2 Å². The van der Waals surface area contributed by atoms with Crippen LogP contribution in [0.2, 0.25) is 0 Å². The van der Waals surface area contributed by atoms with Gasteiger partial charge in [0.05, 0.1) is 17.2 Å². The Balaban J connectivity index is 2.04. The summed E-state index contributed by atoms with van der Waals surface area (Å²) in [6, 6.07) is 9.76. The zero-order valence-corrected chi connectivity index (χ0v) is 10.9. The molecule has 1 aromatic heterocycles. The number of methoxy groups -OCH3 is 1. The van der Waals surface area contributed by atoms with Gasteiger partial charge >= 0.3 is 0 Å². The minimum Gasteiger partial charge on any atom is -0.380 e. The molecule has 0 N–H and O–H groups in total. The molecule has 1 aliphatic heterocycles. The molecule has 19 heavy (non-hydrogen) atoms. The van der Waals surface area contributed by atoms with Gasteiger partial charge < -0.3 is 9.64 Å². The molecule has 0 spiro atoms. The molecule has 2 aromatic rings. The number of benzene rings is 1. The van der Waals surface area contributed by atoms with Gasteiger partial charge in [0.25, 0.3) is 0 Å². The largest absolute Gasteiger partial charge is 0.380 e. The number of pyridine rings is 1. The van der Waals surface area contributed by atoms with E-state index >= 15 is 0 Å². The van der Waals surface area contributed by atoms with Crippen molar-refractivity contribution in [2.75, 3.05) is 25.1 Å². The number of aromatic nitrogens is 1. The van der Waals surface area contributed by atoms with E-state index in [9.17, 15) is 4.79 Å². The smallest absolute Gasteiger partial charge is 0.153 e. The number of nitrogens with zero attached hydrogens (tertiary/aromatic N) is 2. The van der Waals surface area contributed by atoms with Crippen molar-refractivity contribution in [3.8, 4) is 0 Å². The molecule has 1 saturated heterocycles. The second-order valence-corrected chi connectivity index (χ2v) is 4.80. The summed E-state index contributed by atoms with van der Waals surface area (Å²) in [6.07, 6.45) is 2.09. The summed E-state index contributed by atoms with van der Waals surface area (Å²) in [4.78, 5) is 18.0. The van der Waals surface area contributed by atoms with Gasteiger partial charge in [0.2, 0.25) is 0 Å². The highest BCUT2D eigenvalue weighted by Gasteiger charge is 2.25. The molecule has 0 bridgehead atoms. The Morgan fingerprint density at radius 3 is 3.00 bits per heavy atom. The minimum absolute atomic E-state index is 0.229. The number of para-hydroxylation sites is 1. The molecule has 4 nitrogen and oxygen atoms in total. The summed E-state index contributed by atoms with van der Waals surface area (Å²) in [6.45, 7) is 1.67. The molecule has 0 radical (unpaired) electrons. The predicted molar refractivity (Wildman–Crippen MR) is 74.8 cm³/mol. The third-order valence-corrected chi connectivity index (χ3v) is 3.64. The van der Waals surface area contributed by atoms with Crippen LogP contribution in [-0.4, -0.2) is 37.6 Å². The van der Waals surface area contributed by atoms with E-state index in [-0.39, 0.29) is 6.10 Å². The van der Waals surface area contributed by atoms with Gasteiger partial charge in [-0.25, -0.2) is 4.98 Å². The number of aldehydes is 1. The van der Waals surface area contributed by atoms with Crippen LogP contribution in [0.5, 0.6) is 0 Å². The second kappa shape index (κ2) is 4.97. The van der Waals surface area contributed by atoms with E-state index in [1.54, 1.807) is 7.11 Å². The van der Waals surface area contributed by atoms with E-state index in [1.807, 2.05) is 30.3 Å². The molecular weight excluding hydrogens is 240 g/mol. The van der Waals surface area contributed by atoms with Crippen molar-refractivity contribution in [1.82, 2.24) is 4.98 Å². The maximum atomic E-state index is 11.3. The standard InChI is InChI=1S/C15H16N2O2/c1-19-13-6-7-17(9-13)15-12(10-18)8-11-4-2-3-5-14(11)16-15/h2-5,8,10,13H,6-7,9H2,1H3. The highest BCUT2D eigenvalue weighted by atomic mass is 16.5. The average Bonchev–Trinajstić information content (AvgIpc) is 2.94. The number of fused-ring (bicyclic) bond motifs is 1. The Hall–Kier alpha value is -1.94. The van der Waals surface area contributed by atoms with Crippen LogP contribution in [0.15, 0.2) is 30.3 Å². The van der Waals surface area contributed by atoms with E-state index in [2.05, 4.69) is 9.88 Å². The fourth-order valence-corrected chi connectivity index (χ4v) is 2.58. The molecule has 1 fully saturated rings. The number of hydrogen-bond donors (Lipinski definition) is 0. The molecule has 98 valence electrons. The van der Waals surface area contributed by atoms with Crippen LogP contribution < -0.4 is 4.90 Å². The Bertz CT molecular complexity index is 612. The number of carbonyl (C=O) groups is 1. The SMILES string of the molecule is COC1CCN(c2nc3ccccc3cc2C=O)C1. The van der Waals surface area contributed by atoms with Gasteiger partial charge in [0, 0.05) is 25.6 Å². The van der Waals surface area contributed by atoms with Gasteiger partial charge in [-0.2, -0.15) is 0 Å². The van der Waals surface area contributed by atoms with Crippen LogP contribution in [0.25, 0.3) is 10.9 Å². The van der Waals surface area contributed by atoms with Crippen molar-refractivity contribution in [2.45, 2.75) is 12.5 Å². The first kappa shape index (κ1) is 12.1. The van der Waals surface area contributed by atoms with Gasteiger partial charge in [0.1, 0.15) is 5.82 Å². The predicted octanol–water partition coefficient (Wildman–Crippen LogP) is 2.27. The lowest BCUT2D eigenvalue weighted by molar-refractivity contribution is 0.112. The third-order valence-electron chi connectivity index (χ3n) is 3.64. The van der Waals surface area contributed by atoms with Gasteiger partial charge in [-0.3, -0.25) is 4.79 Å². The first-order valence-corrected chi connectivity index (χ1v) is 6.44. The van der Waals surface area contributed by atoms with Crippen LogP contribution in [0.4, 0.5) is 5.82 Å². The summed E-state index contributed by atoms with van der Waals surface area (Å²) in [5.74, 6) is 0.772. The molecule has 2 heterocycles. The highest BCUT2D eigenvalue weighted by Crippen LogP contribution is 2.26. The van der Waals surface area contributed by atoms with Crippen molar-refractivity contribution in [3.05, 3.63) is 35.9 Å². The molecular formula is C15H16N2O2. The quantitative estimate of drug-likeness (QED) is 0.790. The van der Waals surface area contributed by atoms with Crippen molar-refractivity contribution in [3.63, 3.8) is 0 Å². The number of carbonyl (C=O) groups excluding carboxylic acids is 1. The molecule has 3 rings (SSSR count). The van der Waals surface area contributed by atoms with Crippen molar-refractivity contribution in [1.29, 1.82) is 0 Å². The van der Waals surface area contributed by atoms with E-state index in [0.717, 1.165) is 42.5 Å². The van der Waals surface area contributed by atoms with E-state index < -0.39 is 0 Å². The van der Waals surface area contributed by atoms with Gasteiger partial charge in [0.15, 0.2) is 6.29 Å². The monoisotopic (exact) mass is 256 g/mol. The molecule has 1 aliphatic rings. The van der Waals surface area contributed by atoms with Crippen molar-refractivity contribution >= 4 is 23.0 Å². The molecule has 0 saturated carbocycles. The fraction of sp³-hybridized carbons (Fsp3) is 0.333. The lowest BCUT2D eigenvalue weighted by Crippen LogP contribution is -2.24. The Morgan fingerprint density at radius 2 is 2.26 bits per heavy atom. The van der Waals surface area contributed by atoms with E-state index in [4.69, 9.17) is 4.74 Å². The van der Waals surface area contributed by atoms with Crippen LogP contribution in [0.3, 0.4) is 0 Å². The van der Waals surface area contributed by atoms with E-state index in [0.29, 0.717) is 5.56 Å². The Labute approximate surface area is 112 Å². The zero-order chi connectivity index (χ0) is 13.2. The molecule has 0 amide bonds. The maximum absolute atomic E-state index is 11.3. The van der Waals surface area contributed by atoms with Crippen molar-refractivity contribution < 1.29 is 9.53 Å². The van der Waals surface area contributed by atoms with Gasteiger partial charge in [-0.15, -0.1) is 0 Å². The highest BCUT2D eigenvalue weighted by molar-refractivity contribution is 5.91. The number of ether oxygens (including phenoxy) is 1. The van der Waals surface area contributed by atoms with Gasteiger partial charge in [-0.05, 0) is 18.6 Å². The van der Waals surface area contributed by atoms with Crippen LogP contribution in [0, 0.1) is 0 Å². The zero-order valence-electron chi connectivity index (χ0n) is 10.9. The number of rotatable bonds is 3. The summed E-state index contributed by atoms with van der Waals surface area (Å²) in [7, 11) is 1.72. The van der Waals surface area contributed by atoms with Crippen LogP contribution >= 0.6 is 0 Å². The molecule has 0 aliphatic carbocycles. The lowest BCUT2D eigenvalue weighted by Gasteiger charge is -2.19.